The predicted octanol–water partition coefficient (Wildman–Crippen LogP) is 9.35. The van der Waals surface area contributed by atoms with Crippen LogP contribution in [0.1, 0.15) is 107 Å². The Labute approximate surface area is 308 Å². The summed E-state index contributed by atoms with van der Waals surface area (Å²) in [7, 11) is 0. The number of carbonyl (C=O) groups excluding carboxylic acids is 2. The fourth-order valence-corrected chi connectivity index (χ4v) is 6.76. The summed E-state index contributed by atoms with van der Waals surface area (Å²) in [6.07, 6.45) is 12.0. The van der Waals surface area contributed by atoms with E-state index in [-0.39, 0.29) is 23.5 Å². The number of hydrogen-bond donors (Lipinski definition) is 1. The number of amides is 1. The molecule has 0 aliphatic carbocycles. The van der Waals surface area contributed by atoms with E-state index in [0.717, 1.165) is 53.0 Å². The standard InChI is InChI=1S/C44H53N3O5/c1-5-7-8-9-10-26-52-38-23-19-32(20-24-38)36-29-45-41(46-30-36)34-15-13-31(14-16-34)27-35(42(49)47-25-11-12-39(47)43(50)51)28-40(48)33-17-21-37(22-18-33)44(3,4)6-2/h13-24,29-30,35,39H,5-12,25-28H2,1-4H3,(H,50,51)/t35-,39+/m1/s1. The van der Waals surface area contributed by atoms with Gasteiger partial charge in [-0.15, -0.1) is 0 Å². The van der Waals surface area contributed by atoms with Gasteiger partial charge in [-0.1, -0.05) is 114 Å². The number of aliphatic carboxylic acids is 1. The number of ketones is 1. The Hall–Kier alpha value is -4.85. The zero-order valence-corrected chi connectivity index (χ0v) is 31.1. The van der Waals surface area contributed by atoms with Gasteiger partial charge < -0.3 is 14.7 Å². The van der Waals surface area contributed by atoms with Gasteiger partial charge in [-0.2, -0.15) is 0 Å². The number of benzene rings is 3. The third-order valence-corrected chi connectivity index (χ3v) is 10.5. The predicted molar refractivity (Wildman–Crippen MR) is 205 cm³/mol. The van der Waals surface area contributed by atoms with Crippen molar-refractivity contribution in [3.63, 3.8) is 0 Å². The van der Waals surface area contributed by atoms with Crippen LogP contribution in [0.5, 0.6) is 5.75 Å². The highest BCUT2D eigenvalue weighted by Crippen LogP contribution is 2.29. The van der Waals surface area contributed by atoms with E-state index in [4.69, 9.17) is 4.74 Å². The van der Waals surface area contributed by atoms with Crippen LogP contribution in [0.3, 0.4) is 0 Å². The Kier molecular flexibility index (Phi) is 13.3. The van der Waals surface area contributed by atoms with Crippen molar-refractivity contribution in [2.75, 3.05) is 13.2 Å². The Morgan fingerprint density at radius 1 is 0.846 bits per heavy atom. The van der Waals surface area contributed by atoms with Gasteiger partial charge in [-0.25, -0.2) is 14.8 Å². The van der Waals surface area contributed by atoms with Gasteiger partial charge in [0.1, 0.15) is 11.8 Å². The van der Waals surface area contributed by atoms with Crippen molar-refractivity contribution in [3.8, 4) is 28.3 Å². The zero-order chi connectivity index (χ0) is 37.1. The smallest absolute Gasteiger partial charge is 0.326 e. The van der Waals surface area contributed by atoms with Crippen LogP contribution < -0.4 is 4.74 Å². The average molecular weight is 704 g/mol. The van der Waals surface area contributed by atoms with Crippen molar-refractivity contribution < 1.29 is 24.2 Å². The molecule has 1 fully saturated rings. The van der Waals surface area contributed by atoms with Gasteiger partial charge in [-0.05, 0) is 66.3 Å². The Morgan fingerprint density at radius 2 is 1.50 bits per heavy atom. The van der Waals surface area contributed by atoms with E-state index in [0.29, 0.717) is 37.2 Å². The maximum atomic E-state index is 13.9. The third kappa shape index (κ3) is 9.93. The molecule has 52 heavy (non-hydrogen) atoms. The van der Waals surface area contributed by atoms with Crippen molar-refractivity contribution in [2.24, 2.45) is 5.92 Å². The fraction of sp³-hybridized carbons (Fsp3) is 0.432. The Morgan fingerprint density at radius 3 is 2.13 bits per heavy atom. The number of likely N-dealkylation sites (tertiary alicyclic amines) is 1. The van der Waals surface area contributed by atoms with Crippen molar-refractivity contribution in [1.29, 1.82) is 0 Å². The molecule has 4 aromatic rings. The molecule has 1 aliphatic heterocycles. The lowest BCUT2D eigenvalue weighted by Gasteiger charge is -2.27. The molecule has 1 saturated heterocycles. The first-order chi connectivity index (χ1) is 25.1. The highest BCUT2D eigenvalue weighted by molar-refractivity contribution is 5.99. The van der Waals surface area contributed by atoms with Crippen LogP contribution in [-0.4, -0.2) is 56.8 Å². The largest absolute Gasteiger partial charge is 0.494 e. The molecular formula is C44H53N3O5. The summed E-state index contributed by atoms with van der Waals surface area (Å²) in [6, 6.07) is 22.5. The van der Waals surface area contributed by atoms with Gasteiger partial charge in [0.05, 0.1) is 6.61 Å². The number of carboxylic acids is 1. The van der Waals surface area contributed by atoms with E-state index >= 15 is 0 Å². The lowest BCUT2D eigenvalue weighted by molar-refractivity contribution is -0.149. The number of hydrogen-bond acceptors (Lipinski definition) is 6. The van der Waals surface area contributed by atoms with Gasteiger partial charge in [0.2, 0.25) is 5.91 Å². The monoisotopic (exact) mass is 703 g/mol. The first-order valence-corrected chi connectivity index (χ1v) is 18.9. The number of carbonyl (C=O) groups is 3. The van der Waals surface area contributed by atoms with Crippen LogP contribution in [0.25, 0.3) is 22.5 Å². The summed E-state index contributed by atoms with van der Waals surface area (Å²) < 4.78 is 5.90. The fourth-order valence-electron chi connectivity index (χ4n) is 6.76. The highest BCUT2D eigenvalue weighted by atomic mass is 16.5. The molecule has 1 aromatic heterocycles. The molecule has 0 unspecified atom stereocenters. The van der Waals surface area contributed by atoms with E-state index in [9.17, 15) is 19.5 Å². The van der Waals surface area contributed by atoms with Crippen LogP contribution in [0.4, 0.5) is 0 Å². The number of aromatic nitrogens is 2. The number of nitrogens with zero attached hydrogens (tertiary/aromatic N) is 3. The number of Topliss-reactive ketones (excluding diaryl/α,β-unsaturated/α-hetero) is 1. The summed E-state index contributed by atoms with van der Waals surface area (Å²) in [5.74, 6) is -0.671. The second-order valence-corrected chi connectivity index (χ2v) is 14.7. The number of rotatable bonds is 18. The van der Waals surface area contributed by atoms with Gasteiger partial charge in [0.15, 0.2) is 11.6 Å². The summed E-state index contributed by atoms with van der Waals surface area (Å²) in [5, 5.41) is 9.79. The molecule has 8 nitrogen and oxygen atoms in total. The van der Waals surface area contributed by atoms with E-state index in [1.54, 1.807) is 0 Å². The van der Waals surface area contributed by atoms with Crippen molar-refractivity contribution in [1.82, 2.24) is 14.9 Å². The topological polar surface area (TPSA) is 110 Å². The molecule has 8 heteroatoms. The molecule has 0 bridgehead atoms. The molecule has 274 valence electrons. The molecule has 2 heterocycles. The van der Waals surface area contributed by atoms with Crippen LogP contribution in [0.15, 0.2) is 85.2 Å². The Balaban J connectivity index is 1.25. The maximum absolute atomic E-state index is 13.9. The van der Waals surface area contributed by atoms with Crippen LogP contribution in [0.2, 0.25) is 0 Å². The molecule has 0 spiro atoms. The van der Waals surface area contributed by atoms with Gasteiger partial charge in [0.25, 0.3) is 0 Å². The maximum Gasteiger partial charge on any atom is 0.326 e. The average Bonchev–Trinajstić information content (AvgIpc) is 3.67. The molecule has 1 N–H and O–H groups in total. The van der Waals surface area contributed by atoms with E-state index in [2.05, 4.69) is 37.7 Å². The SMILES string of the molecule is CCCCCCCOc1ccc(-c2cnc(-c3ccc(C[C@H](CC(=O)c4ccc(C(C)(C)CC)cc4)C(=O)N4CCC[C@H]4C(=O)O)cc3)nc2)cc1. The molecule has 0 radical (unpaired) electrons. The zero-order valence-electron chi connectivity index (χ0n) is 31.1. The van der Waals surface area contributed by atoms with E-state index in [1.165, 1.54) is 30.6 Å². The summed E-state index contributed by atoms with van der Waals surface area (Å²) in [4.78, 5) is 50.1. The number of ether oxygens (including phenoxy) is 1. The van der Waals surface area contributed by atoms with Crippen molar-refractivity contribution >= 4 is 17.7 Å². The second kappa shape index (κ2) is 18.1. The summed E-state index contributed by atoms with van der Waals surface area (Å²) in [6.45, 7) is 9.81. The normalized spacial score (nSPS) is 15.0. The summed E-state index contributed by atoms with van der Waals surface area (Å²) >= 11 is 0. The molecule has 1 aliphatic rings. The quantitative estimate of drug-likeness (QED) is 0.0812. The highest BCUT2D eigenvalue weighted by Gasteiger charge is 2.38. The van der Waals surface area contributed by atoms with Gasteiger partial charge in [-0.3, -0.25) is 9.59 Å². The van der Waals surface area contributed by atoms with Crippen LogP contribution >= 0.6 is 0 Å². The molecule has 2 atom stereocenters. The third-order valence-electron chi connectivity index (χ3n) is 10.5. The molecule has 0 saturated carbocycles. The molecule has 5 rings (SSSR count). The first kappa shape index (κ1) is 38.4. The molecule has 1 amide bonds. The minimum atomic E-state index is -1.00. The van der Waals surface area contributed by atoms with Crippen LogP contribution in [0, 0.1) is 5.92 Å². The lowest BCUT2D eigenvalue weighted by Crippen LogP contribution is -2.44. The molecule has 3 aromatic carbocycles. The number of unbranched alkanes of at least 4 members (excludes halogenated alkanes) is 4. The Bertz CT molecular complexity index is 1770. The summed E-state index contributed by atoms with van der Waals surface area (Å²) in [5.41, 5.74) is 5.32. The van der Waals surface area contributed by atoms with Crippen LogP contribution in [-0.2, 0) is 21.4 Å². The second-order valence-electron chi connectivity index (χ2n) is 14.7. The lowest BCUT2D eigenvalue weighted by atomic mass is 9.81. The van der Waals surface area contributed by atoms with E-state index in [1.807, 2.05) is 85.2 Å². The minimum absolute atomic E-state index is 0.00331. The van der Waals surface area contributed by atoms with Gasteiger partial charge >= 0.3 is 5.97 Å². The van der Waals surface area contributed by atoms with Gasteiger partial charge in [0, 0.05) is 48.0 Å². The minimum Gasteiger partial charge on any atom is -0.494 e. The first-order valence-electron chi connectivity index (χ1n) is 18.9. The number of carboxylic acid groups (broad SMARTS) is 1. The van der Waals surface area contributed by atoms with Crippen molar-refractivity contribution in [2.45, 2.75) is 103 Å². The van der Waals surface area contributed by atoms with Crippen molar-refractivity contribution in [3.05, 3.63) is 102 Å². The molecular weight excluding hydrogens is 651 g/mol. The van der Waals surface area contributed by atoms with E-state index < -0.39 is 17.9 Å².